The lowest BCUT2D eigenvalue weighted by Gasteiger charge is -2.30. The van der Waals surface area contributed by atoms with E-state index in [4.69, 9.17) is 21.3 Å². The van der Waals surface area contributed by atoms with Gasteiger partial charge in [0.25, 0.3) is 0 Å². The molecule has 0 saturated carbocycles. The number of aromatic nitrogens is 1. The number of aryl methyl sites for hydroxylation is 1. The van der Waals surface area contributed by atoms with Gasteiger partial charge in [-0.15, -0.1) is 11.3 Å². The van der Waals surface area contributed by atoms with Crippen LogP contribution in [-0.4, -0.2) is 36.3 Å². The monoisotopic (exact) mass is 445 g/mol. The number of carbonyl (C=O) groups is 1. The van der Waals surface area contributed by atoms with Gasteiger partial charge in [-0.2, -0.15) is 0 Å². The third-order valence-corrected chi connectivity index (χ3v) is 6.42. The maximum atomic E-state index is 14.1. The third kappa shape index (κ3) is 4.00. The summed E-state index contributed by atoms with van der Waals surface area (Å²) in [5.74, 6) is -0.327. The highest BCUT2D eigenvalue weighted by Crippen LogP contribution is 2.33. The number of ether oxygens (including phenoxy) is 1. The van der Waals surface area contributed by atoms with E-state index in [1.54, 1.807) is 17.1 Å². The zero-order valence-corrected chi connectivity index (χ0v) is 18.3. The van der Waals surface area contributed by atoms with Crippen molar-refractivity contribution in [2.75, 3.05) is 25.2 Å². The molecule has 0 N–H and O–H groups in total. The van der Waals surface area contributed by atoms with Gasteiger partial charge < -0.3 is 4.74 Å². The van der Waals surface area contributed by atoms with Crippen LogP contribution < -0.4 is 5.01 Å². The highest BCUT2D eigenvalue weighted by atomic mass is 35.5. The zero-order chi connectivity index (χ0) is 21.3. The summed E-state index contributed by atoms with van der Waals surface area (Å²) in [4.78, 5) is 16.8. The minimum atomic E-state index is -0.365. The van der Waals surface area contributed by atoms with Gasteiger partial charge in [-0.1, -0.05) is 29.8 Å². The zero-order valence-electron chi connectivity index (χ0n) is 16.7. The molecule has 1 aromatic heterocycles. The topological polar surface area (TPSA) is 45.7 Å². The Morgan fingerprint density at radius 3 is 2.90 bits per heavy atom. The Morgan fingerprint density at radius 2 is 2.13 bits per heavy atom. The molecule has 2 heterocycles. The first-order chi connectivity index (χ1) is 14.5. The Balaban J connectivity index is 1.62. The average Bonchev–Trinajstić information content (AvgIpc) is 3.40. The minimum absolute atomic E-state index is 0.327. The van der Waals surface area contributed by atoms with Crippen LogP contribution in [0.15, 0.2) is 41.8 Å². The van der Waals surface area contributed by atoms with Crippen molar-refractivity contribution >= 4 is 34.7 Å². The third-order valence-electron chi connectivity index (χ3n) is 5.12. The molecule has 1 aliphatic rings. The molecule has 4 rings (SSSR count). The molecule has 2 aromatic carbocycles. The lowest BCUT2D eigenvalue weighted by Crippen LogP contribution is -2.41. The molecule has 0 atom stereocenters. The Morgan fingerprint density at radius 1 is 1.30 bits per heavy atom. The molecule has 0 spiro atoms. The van der Waals surface area contributed by atoms with Crippen LogP contribution in [0.5, 0.6) is 0 Å². The molecule has 1 saturated heterocycles. The molecule has 156 valence electrons. The highest BCUT2D eigenvalue weighted by Gasteiger charge is 2.29. The van der Waals surface area contributed by atoms with Crippen molar-refractivity contribution in [2.24, 2.45) is 0 Å². The van der Waals surface area contributed by atoms with Crippen LogP contribution in [0.1, 0.15) is 23.2 Å². The number of methoxy groups -OCH3 is 1. The van der Waals surface area contributed by atoms with Crippen LogP contribution in [0, 0.1) is 12.7 Å². The minimum Gasteiger partial charge on any atom is -0.452 e. The van der Waals surface area contributed by atoms with Crippen molar-refractivity contribution in [3.8, 4) is 10.6 Å². The van der Waals surface area contributed by atoms with Gasteiger partial charge >= 0.3 is 6.09 Å². The molecule has 0 bridgehead atoms. The van der Waals surface area contributed by atoms with Crippen molar-refractivity contribution in [1.82, 2.24) is 9.99 Å². The van der Waals surface area contributed by atoms with E-state index in [0.29, 0.717) is 23.6 Å². The number of nitrogens with zero attached hydrogens (tertiary/aromatic N) is 3. The van der Waals surface area contributed by atoms with Crippen LogP contribution in [-0.2, 0) is 11.2 Å². The average molecular weight is 446 g/mol. The van der Waals surface area contributed by atoms with E-state index >= 15 is 0 Å². The molecule has 1 amide bonds. The van der Waals surface area contributed by atoms with E-state index in [1.165, 1.54) is 24.5 Å². The predicted molar refractivity (Wildman–Crippen MR) is 118 cm³/mol. The van der Waals surface area contributed by atoms with E-state index in [9.17, 15) is 9.18 Å². The second-order valence-corrected chi connectivity index (χ2v) is 8.36. The van der Waals surface area contributed by atoms with Gasteiger partial charge in [0.05, 0.1) is 18.5 Å². The Bertz CT molecular complexity index is 1070. The van der Waals surface area contributed by atoms with Crippen LogP contribution in [0.25, 0.3) is 10.6 Å². The van der Waals surface area contributed by atoms with Crippen LogP contribution in [0.4, 0.5) is 14.9 Å². The Labute approximate surface area is 183 Å². The van der Waals surface area contributed by atoms with Gasteiger partial charge in [-0.25, -0.2) is 19.2 Å². The molecule has 1 aliphatic heterocycles. The molecule has 5 nitrogen and oxygen atoms in total. The standard InChI is InChI=1S/C22H21ClFN3O2S/c1-14-7-8-15(11-20(14)26-9-4-10-27(26)22(28)29-2)21-25-16(13-30-21)12-17-18(23)5-3-6-19(17)24/h3,5-8,11,13H,4,9-10,12H2,1-2H3. The molecule has 1 fully saturated rings. The molecular formula is C22H21ClFN3O2S. The summed E-state index contributed by atoms with van der Waals surface area (Å²) in [6.07, 6.45) is 0.850. The number of hydrogen-bond donors (Lipinski definition) is 0. The summed E-state index contributed by atoms with van der Waals surface area (Å²) in [5, 5.41) is 6.74. The van der Waals surface area contributed by atoms with E-state index in [0.717, 1.165) is 40.5 Å². The van der Waals surface area contributed by atoms with E-state index in [1.807, 2.05) is 35.5 Å². The van der Waals surface area contributed by atoms with Gasteiger partial charge in [-0.3, -0.25) is 5.01 Å². The molecule has 30 heavy (non-hydrogen) atoms. The fourth-order valence-corrected chi connectivity index (χ4v) is 4.63. The Kier molecular flexibility index (Phi) is 5.92. The number of halogens is 2. The largest absolute Gasteiger partial charge is 0.452 e. The summed E-state index contributed by atoms with van der Waals surface area (Å²) in [5.41, 5.74) is 4.17. The number of rotatable bonds is 4. The van der Waals surface area contributed by atoms with Gasteiger partial charge in [0.15, 0.2) is 0 Å². The second kappa shape index (κ2) is 8.62. The van der Waals surface area contributed by atoms with Crippen molar-refractivity contribution in [3.05, 3.63) is 69.4 Å². The predicted octanol–water partition coefficient (Wildman–Crippen LogP) is 5.70. The van der Waals surface area contributed by atoms with E-state index in [2.05, 4.69) is 0 Å². The summed E-state index contributed by atoms with van der Waals surface area (Å²) in [7, 11) is 1.39. The molecular weight excluding hydrogens is 425 g/mol. The van der Waals surface area contributed by atoms with Crippen LogP contribution in [0.2, 0.25) is 5.02 Å². The highest BCUT2D eigenvalue weighted by molar-refractivity contribution is 7.13. The lowest BCUT2D eigenvalue weighted by molar-refractivity contribution is 0.129. The number of benzene rings is 2. The normalized spacial score (nSPS) is 13.7. The number of amides is 1. The first-order valence-corrected chi connectivity index (χ1v) is 10.8. The maximum Gasteiger partial charge on any atom is 0.428 e. The fourth-order valence-electron chi connectivity index (χ4n) is 3.58. The maximum absolute atomic E-state index is 14.1. The number of hydrogen-bond acceptors (Lipinski definition) is 5. The van der Waals surface area contributed by atoms with Gasteiger partial charge in [0.1, 0.15) is 10.8 Å². The number of hydrazine groups is 1. The first kappa shape index (κ1) is 20.6. The van der Waals surface area contributed by atoms with Gasteiger partial charge in [-0.05, 0) is 37.1 Å². The molecule has 8 heteroatoms. The number of thiazole rings is 1. The molecule has 0 unspecified atom stereocenters. The van der Waals surface area contributed by atoms with Crippen LogP contribution in [0.3, 0.4) is 0 Å². The van der Waals surface area contributed by atoms with Gasteiger partial charge in [0, 0.05) is 41.0 Å². The van der Waals surface area contributed by atoms with E-state index in [-0.39, 0.29) is 11.9 Å². The first-order valence-electron chi connectivity index (χ1n) is 9.59. The number of anilines is 1. The fraction of sp³-hybridized carbons (Fsp3) is 0.273. The number of carbonyl (C=O) groups excluding carboxylic acids is 1. The SMILES string of the molecule is COC(=O)N1CCCN1c1cc(-c2nc(Cc3c(F)cccc3Cl)cs2)ccc1C. The Hall–Kier alpha value is -2.64. The second-order valence-electron chi connectivity index (χ2n) is 7.09. The summed E-state index contributed by atoms with van der Waals surface area (Å²) < 4.78 is 19.0. The lowest BCUT2D eigenvalue weighted by atomic mass is 10.1. The summed E-state index contributed by atoms with van der Waals surface area (Å²) in [6, 6.07) is 10.8. The van der Waals surface area contributed by atoms with E-state index < -0.39 is 0 Å². The molecule has 0 aliphatic carbocycles. The van der Waals surface area contributed by atoms with Crippen molar-refractivity contribution in [1.29, 1.82) is 0 Å². The summed E-state index contributed by atoms with van der Waals surface area (Å²) in [6.45, 7) is 3.38. The quantitative estimate of drug-likeness (QED) is 0.517. The molecule has 0 radical (unpaired) electrons. The smallest absolute Gasteiger partial charge is 0.428 e. The van der Waals surface area contributed by atoms with Crippen molar-refractivity contribution < 1.29 is 13.9 Å². The van der Waals surface area contributed by atoms with Crippen molar-refractivity contribution in [3.63, 3.8) is 0 Å². The summed E-state index contributed by atoms with van der Waals surface area (Å²) >= 11 is 7.65. The van der Waals surface area contributed by atoms with Crippen LogP contribution >= 0.6 is 22.9 Å². The molecule has 3 aromatic rings. The van der Waals surface area contributed by atoms with Gasteiger partial charge in [0.2, 0.25) is 0 Å². The van der Waals surface area contributed by atoms with Crippen molar-refractivity contribution in [2.45, 2.75) is 19.8 Å².